The van der Waals surface area contributed by atoms with Gasteiger partial charge in [-0.2, -0.15) is 5.10 Å². The summed E-state index contributed by atoms with van der Waals surface area (Å²) in [7, 11) is 1.88. The van der Waals surface area contributed by atoms with E-state index in [1.807, 2.05) is 40.8 Å². The molecule has 0 aliphatic carbocycles. The van der Waals surface area contributed by atoms with Crippen molar-refractivity contribution in [3.63, 3.8) is 0 Å². The summed E-state index contributed by atoms with van der Waals surface area (Å²) in [5.41, 5.74) is 4.41. The largest absolute Gasteiger partial charge is 0.340 e. The monoisotopic (exact) mass is 380 g/mol. The molecule has 1 aliphatic heterocycles. The number of nitrogens with zero attached hydrogens (tertiary/aromatic N) is 4. The number of rotatable bonds is 2. The van der Waals surface area contributed by atoms with Crippen molar-refractivity contribution in [2.75, 3.05) is 6.54 Å². The predicted molar refractivity (Wildman–Crippen MR) is 103 cm³/mol. The van der Waals surface area contributed by atoms with Crippen molar-refractivity contribution < 1.29 is 4.79 Å². The number of aromatic amines is 2. The molecule has 4 heterocycles. The fraction of sp³-hybridized carbons (Fsp3) is 0.211. The third-order valence-corrected chi connectivity index (χ3v) is 5.42. The summed E-state index contributed by atoms with van der Waals surface area (Å²) in [6.07, 6.45) is 4.25. The Morgan fingerprint density at radius 1 is 1.33 bits per heavy atom. The molecular weight excluding hydrogens is 364 g/mol. The average molecular weight is 381 g/mol. The molecule has 0 saturated carbocycles. The van der Waals surface area contributed by atoms with Crippen LogP contribution in [0, 0.1) is 0 Å². The van der Waals surface area contributed by atoms with Crippen LogP contribution in [0.25, 0.3) is 22.3 Å². The number of aromatic nitrogens is 5. The molecule has 0 bridgehead atoms. The molecule has 5 rings (SSSR count). The van der Waals surface area contributed by atoms with Crippen LogP contribution in [-0.4, -0.2) is 42.1 Å². The fourth-order valence-corrected chi connectivity index (χ4v) is 4.03. The van der Waals surface area contributed by atoms with Crippen LogP contribution in [0.2, 0.25) is 5.02 Å². The first-order chi connectivity index (χ1) is 13.1. The number of benzene rings is 1. The van der Waals surface area contributed by atoms with Crippen molar-refractivity contribution in [2.45, 2.75) is 13.0 Å². The SMILES string of the molecule is Cn1c(C(=O)N2CCc3nc(-c4cn[nH]c4)[nH]c3C2)cc2cccc(Cl)c21. The maximum atomic E-state index is 13.2. The molecule has 0 saturated heterocycles. The first-order valence-corrected chi connectivity index (χ1v) is 9.10. The van der Waals surface area contributed by atoms with Crippen molar-refractivity contribution in [3.05, 3.63) is 58.8 Å². The quantitative estimate of drug-likeness (QED) is 0.560. The minimum Gasteiger partial charge on any atom is -0.340 e. The van der Waals surface area contributed by atoms with Crippen LogP contribution >= 0.6 is 11.6 Å². The van der Waals surface area contributed by atoms with Crippen LogP contribution in [0.15, 0.2) is 36.7 Å². The zero-order valence-electron chi connectivity index (χ0n) is 14.7. The number of amides is 1. The molecule has 1 amide bonds. The van der Waals surface area contributed by atoms with Crippen LogP contribution in [0.1, 0.15) is 21.9 Å². The number of carbonyl (C=O) groups excluding carboxylic acids is 1. The van der Waals surface area contributed by atoms with Gasteiger partial charge < -0.3 is 14.5 Å². The second-order valence-corrected chi connectivity index (χ2v) is 7.15. The van der Waals surface area contributed by atoms with Crippen molar-refractivity contribution in [1.82, 2.24) is 29.6 Å². The minimum atomic E-state index is -0.00474. The fourth-order valence-electron chi connectivity index (χ4n) is 3.72. The highest BCUT2D eigenvalue weighted by Crippen LogP contribution is 2.28. The lowest BCUT2D eigenvalue weighted by Crippen LogP contribution is -2.36. The molecule has 27 heavy (non-hydrogen) atoms. The Kier molecular flexibility index (Phi) is 3.58. The minimum absolute atomic E-state index is 0.00474. The molecule has 2 N–H and O–H groups in total. The molecule has 0 fully saturated rings. The Hall–Kier alpha value is -3.06. The van der Waals surface area contributed by atoms with Gasteiger partial charge in [-0.25, -0.2) is 4.98 Å². The standard InChI is InChI=1S/C19H17ClN6O/c1-25-16(7-11-3-2-4-13(20)17(11)25)19(27)26-6-5-14-15(10-26)24-18(23-14)12-8-21-22-9-12/h2-4,7-9H,5-6,10H2,1H3,(H,21,22)(H,23,24). The molecule has 3 aromatic heterocycles. The number of nitrogens with one attached hydrogen (secondary N) is 2. The van der Waals surface area contributed by atoms with E-state index >= 15 is 0 Å². The first-order valence-electron chi connectivity index (χ1n) is 8.72. The van der Waals surface area contributed by atoms with E-state index in [1.165, 1.54) is 0 Å². The highest BCUT2D eigenvalue weighted by molar-refractivity contribution is 6.35. The topological polar surface area (TPSA) is 82.6 Å². The summed E-state index contributed by atoms with van der Waals surface area (Å²) in [5, 5.41) is 8.37. The zero-order chi connectivity index (χ0) is 18.5. The lowest BCUT2D eigenvalue weighted by atomic mass is 10.1. The van der Waals surface area contributed by atoms with Gasteiger partial charge in [0.25, 0.3) is 5.91 Å². The third kappa shape index (κ3) is 2.54. The van der Waals surface area contributed by atoms with Gasteiger partial charge in [0, 0.05) is 31.6 Å². The number of imidazole rings is 1. The number of H-pyrrole nitrogens is 2. The van der Waals surface area contributed by atoms with Crippen molar-refractivity contribution in [2.24, 2.45) is 7.05 Å². The maximum absolute atomic E-state index is 13.2. The van der Waals surface area contributed by atoms with E-state index in [0.29, 0.717) is 23.8 Å². The molecule has 1 aliphatic rings. The van der Waals surface area contributed by atoms with Crippen LogP contribution in [0.3, 0.4) is 0 Å². The molecule has 0 atom stereocenters. The number of halogens is 1. The third-order valence-electron chi connectivity index (χ3n) is 5.12. The average Bonchev–Trinajstić information content (AvgIpc) is 3.39. The lowest BCUT2D eigenvalue weighted by Gasteiger charge is -2.26. The van der Waals surface area contributed by atoms with Gasteiger partial charge in [0.05, 0.1) is 40.2 Å². The summed E-state index contributed by atoms with van der Waals surface area (Å²) in [6.45, 7) is 1.14. The predicted octanol–water partition coefficient (Wildman–Crippen LogP) is 3.14. The van der Waals surface area contributed by atoms with Crippen LogP contribution in [-0.2, 0) is 20.0 Å². The summed E-state index contributed by atoms with van der Waals surface area (Å²) in [4.78, 5) is 23.0. The van der Waals surface area contributed by atoms with Gasteiger partial charge in [-0.15, -0.1) is 0 Å². The molecular formula is C19H17ClN6O. The zero-order valence-corrected chi connectivity index (χ0v) is 15.4. The van der Waals surface area contributed by atoms with Gasteiger partial charge in [0.15, 0.2) is 0 Å². The van der Waals surface area contributed by atoms with Crippen molar-refractivity contribution >= 4 is 28.4 Å². The van der Waals surface area contributed by atoms with E-state index in [9.17, 15) is 4.79 Å². The van der Waals surface area contributed by atoms with Crippen molar-refractivity contribution in [1.29, 1.82) is 0 Å². The van der Waals surface area contributed by atoms with E-state index in [1.54, 1.807) is 12.4 Å². The molecule has 7 nitrogen and oxygen atoms in total. The van der Waals surface area contributed by atoms with Gasteiger partial charge >= 0.3 is 0 Å². The molecule has 136 valence electrons. The smallest absolute Gasteiger partial charge is 0.270 e. The highest BCUT2D eigenvalue weighted by atomic mass is 35.5. The number of carbonyl (C=O) groups is 1. The maximum Gasteiger partial charge on any atom is 0.270 e. The number of fused-ring (bicyclic) bond motifs is 2. The molecule has 0 unspecified atom stereocenters. The number of para-hydroxylation sites is 1. The van der Waals surface area contributed by atoms with Gasteiger partial charge in [0.2, 0.25) is 0 Å². The number of hydrogen-bond acceptors (Lipinski definition) is 3. The Morgan fingerprint density at radius 3 is 3.00 bits per heavy atom. The highest BCUT2D eigenvalue weighted by Gasteiger charge is 2.27. The molecule has 0 spiro atoms. The lowest BCUT2D eigenvalue weighted by molar-refractivity contribution is 0.0722. The second kappa shape index (κ2) is 5.99. The van der Waals surface area contributed by atoms with Gasteiger partial charge in [-0.3, -0.25) is 9.89 Å². The number of hydrogen-bond donors (Lipinski definition) is 2. The van der Waals surface area contributed by atoms with Crippen LogP contribution < -0.4 is 0 Å². The molecule has 0 radical (unpaired) electrons. The second-order valence-electron chi connectivity index (χ2n) is 6.74. The molecule has 4 aromatic rings. The number of aryl methyl sites for hydroxylation is 1. The first kappa shape index (κ1) is 16.1. The summed E-state index contributed by atoms with van der Waals surface area (Å²) >= 11 is 6.32. The molecule has 8 heteroatoms. The summed E-state index contributed by atoms with van der Waals surface area (Å²) in [5.74, 6) is 0.773. The van der Waals surface area contributed by atoms with E-state index in [-0.39, 0.29) is 5.91 Å². The normalized spacial score (nSPS) is 13.9. The van der Waals surface area contributed by atoms with Crippen LogP contribution in [0.5, 0.6) is 0 Å². The van der Waals surface area contributed by atoms with Gasteiger partial charge in [-0.05, 0) is 12.1 Å². The van der Waals surface area contributed by atoms with E-state index in [2.05, 4.69) is 20.2 Å². The summed E-state index contributed by atoms with van der Waals surface area (Å²) < 4.78 is 1.87. The van der Waals surface area contributed by atoms with E-state index < -0.39 is 0 Å². The van der Waals surface area contributed by atoms with E-state index in [0.717, 1.165) is 40.1 Å². The van der Waals surface area contributed by atoms with Gasteiger partial charge in [0.1, 0.15) is 11.5 Å². The summed E-state index contributed by atoms with van der Waals surface area (Å²) in [6, 6.07) is 7.61. The molecule has 1 aromatic carbocycles. The van der Waals surface area contributed by atoms with E-state index in [4.69, 9.17) is 11.6 Å². The Labute approximate surface area is 160 Å². The van der Waals surface area contributed by atoms with Crippen molar-refractivity contribution in [3.8, 4) is 11.4 Å². The Balaban J connectivity index is 1.46. The van der Waals surface area contributed by atoms with Gasteiger partial charge in [-0.1, -0.05) is 23.7 Å². The Morgan fingerprint density at radius 2 is 2.22 bits per heavy atom. The Bertz CT molecular complexity index is 1160. The van der Waals surface area contributed by atoms with Crippen LogP contribution in [0.4, 0.5) is 0 Å².